The van der Waals surface area contributed by atoms with Crippen LogP contribution in [0.1, 0.15) is 12.1 Å². The van der Waals surface area contributed by atoms with Crippen molar-refractivity contribution in [3.8, 4) is 22.4 Å². The Bertz CT molecular complexity index is 931. The van der Waals surface area contributed by atoms with Crippen LogP contribution in [0.5, 0.6) is 0 Å². The molecule has 3 aromatic rings. The number of aromatic nitrogens is 2. The summed E-state index contributed by atoms with van der Waals surface area (Å²) >= 11 is -2.22. The topological polar surface area (TPSA) is 70.3 Å². The molecular weight excluding hydrogens is 322 g/mol. The molecular formula is C18H14N3O2S-. The summed E-state index contributed by atoms with van der Waals surface area (Å²) in [6.07, 6.45) is 3.59. The second-order valence-electron chi connectivity index (χ2n) is 5.52. The molecule has 1 aliphatic rings. The lowest BCUT2D eigenvalue weighted by atomic mass is 9.97. The van der Waals surface area contributed by atoms with Crippen molar-refractivity contribution in [1.82, 2.24) is 9.89 Å². The minimum absolute atomic E-state index is 0.277. The van der Waals surface area contributed by atoms with E-state index in [9.17, 15) is 8.76 Å². The van der Waals surface area contributed by atoms with Crippen LogP contribution in [0.3, 0.4) is 0 Å². The fourth-order valence-electron chi connectivity index (χ4n) is 2.93. The zero-order chi connectivity index (χ0) is 16.5. The Morgan fingerprint density at radius 1 is 1.00 bits per heavy atom. The molecule has 2 heterocycles. The molecule has 0 fully saturated rings. The third kappa shape index (κ3) is 2.60. The van der Waals surface area contributed by atoms with Crippen LogP contribution in [-0.4, -0.2) is 24.9 Å². The minimum atomic E-state index is -2.22. The molecule has 0 spiro atoms. The van der Waals surface area contributed by atoms with E-state index in [2.05, 4.69) is 10.2 Å². The van der Waals surface area contributed by atoms with Crippen molar-refractivity contribution in [2.24, 2.45) is 5.10 Å². The third-order valence-electron chi connectivity index (χ3n) is 4.05. The summed E-state index contributed by atoms with van der Waals surface area (Å²) in [4.78, 5) is 1.96. The molecule has 24 heavy (non-hydrogen) atoms. The van der Waals surface area contributed by atoms with E-state index in [1.54, 1.807) is 16.9 Å². The molecule has 0 saturated carbocycles. The molecule has 2 aromatic carbocycles. The normalized spacial score (nSPS) is 14.4. The molecule has 120 valence electrons. The Morgan fingerprint density at radius 3 is 2.46 bits per heavy atom. The summed E-state index contributed by atoms with van der Waals surface area (Å²) in [5.74, 6) is 0. The van der Waals surface area contributed by atoms with Crippen LogP contribution in [0.4, 0.5) is 0 Å². The van der Waals surface area contributed by atoms with E-state index in [1.165, 1.54) is 0 Å². The molecule has 1 atom stereocenters. The summed E-state index contributed by atoms with van der Waals surface area (Å²) < 4.78 is 22.2. The van der Waals surface area contributed by atoms with Gasteiger partial charge in [-0.25, -0.2) is 0 Å². The molecule has 1 unspecified atom stereocenters. The lowest BCUT2D eigenvalue weighted by Gasteiger charge is -2.10. The van der Waals surface area contributed by atoms with Crippen molar-refractivity contribution >= 4 is 17.3 Å². The maximum Gasteiger partial charge on any atom is 0.103 e. The van der Waals surface area contributed by atoms with Gasteiger partial charge < -0.3 is 4.55 Å². The highest BCUT2D eigenvalue weighted by Gasteiger charge is 2.21. The highest BCUT2D eigenvalue weighted by Crippen LogP contribution is 2.36. The standard InChI is InChI=1S/C18H15N3O2S/c22-24(23)15-10-8-13(9-11-15)17-16-7-4-12-19-21(16)20-18(17)14-5-2-1-3-6-14/h1-3,5-6,8-12H,4,7H2,(H,22,23)/p-1. The van der Waals surface area contributed by atoms with Gasteiger partial charge in [-0.2, -0.15) is 9.89 Å². The van der Waals surface area contributed by atoms with Crippen LogP contribution < -0.4 is 0 Å². The zero-order valence-corrected chi connectivity index (χ0v) is 13.6. The van der Waals surface area contributed by atoms with Crippen LogP contribution in [-0.2, 0) is 17.5 Å². The minimum Gasteiger partial charge on any atom is -0.768 e. The Balaban J connectivity index is 1.91. The van der Waals surface area contributed by atoms with Gasteiger partial charge in [-0.1, -0.05) is 42.5 Å². The smallest absolute Gasteiger partial charge is 0.103 e. The van der Waals surface area contributed by atoms with Crippen LogP contribution in [0, 0.1) is 0 Å². The predicted molar refractivity (Wildman–Crippen MR) is 92.5 cm³/mol. The van der Waals surface area contributed by atoms with Crippen LogP contribution in [0.15, 0.2) is 64.6 Å². The predicted octanol–water partition coefficient (Wildman–Crippen LogP) is 3.24. The summed E-state index contributed by atoms with van der Waals surface area (Å²) in [6.45, 7) is 0. The summed E-state index contributed by atoms with van der Waals surface area (Å²) in [7, 11) is 0. The second-order valence-corrected chi connectivity index (χ2v) is 6.46. The highest BCUT2D eigenvalue weighted by atomic mass is 32.2. The van der Waals surface area contributed by atoms with E-state index in [0.717, 1.165) is 40.9 Å². The number of benzene rings is 2. The molecule has 0 bridgehead atoms. The molecule has 0 saturated heterocycles. The van der Waals surface area contributed by atoms with Crippen molar-refractivity contribution in [3.05, 3.63) is 60.3 Å². The van der Waals surface area contributed by atoms with Gasteiger partial charge in [0.25, 0.3) is 0 Å². The first-order chi connectivity index (χ1) is 11.7. The van der Waals surface area contributed by atoms with Gasteiger partial charge in [-0.05, 0) is 41.6 Å². The Hall–Kier alpha value is -2.57. The van der Waals surface area contributed by atoms with Gasteiger partial charge in [0.15, 0.2) is 0 Å². The number of hydrogen-bond acceptors (Lipinski definition) is 4. The Labute approximate surface area is 141 Å². The molecule has 0 aliphatic carbocycles. The quantitative estimate of drug-likeness (QED) is 0.689. The second kappa shape index (κ2) is 6.14. The average Bonchev–Trinajstić information content (AvgIpc) is 3.02. The number of nitrogens with zero attached hydrogens (tertiary/aromatic N) is 3. The van der Waals surface area contributed by atoms with Gasteiger partial charge in [0.1, 0.15) is 5.69 Å². The monoisotopic (exact) mass is 336 g/mol. The largest absolute Gasteiger partial charge is 0.768 e. The lowest BCUT2D eigenvalue weighted by molar-refractivity contribution is 0.537. The summed E-state index contributed by atoms with van der Waals surface area (Å²) in [6, 6.07) is 16.8. The Kier molecular flexibility index (Phi) is 3.84. The molecule has 0 N–H and O–H groups in total. The van der Waals surface area contributed by atoms with Gasteiger partial charge in [0.05, 0.1) is 5.69 Å². The summed E-state index contributed by atoms with van der Waals surface area (Å²) in [5.41, 5.74) is 4.89. The van der Waals surface area contributed by atoms with E-state index >= 15 is 0 Å². The molecule has 0 amide bonds. The van der Waals surface area contributed by atoms with Crippen molar-refractivity contribution in [2.75, 3.05) is 0 Å². The van der Waals surface area contributed by atoms with Gasteiger partial charge in [0, 0.05) is 22.2 Å². The van der Waals surface area contributed by atoms with Crippen molar-refractivity contribution in [2.45, 2.75) is 17.7 Å². The van der Waals surface area contributed by atoms with Gasteiger partial charge >= 0.3 is 0 Å². The molecule has 1 aromatic heterocycles. The SMILES string of the molecule is O=S([O-])c1ccc(-c2c(-c3ccccc3)nn3c2CCC=N3)cc1. The maximum absolute atomic E-state index is 11.1. The number of fused-ring (bicyclic) bond motifs is 1. The van der Waals surface area contributed by atoms with E-state index < -0.39 is 11.1 Å². The van der Waals surface area contributed by atoms with Crippen molar-refractivity contribution in [3.63, 3.8) is 0 Å². The van der Waals surface area contributed by atoms with E-state index in [1.807, 2.05) is 48.7 Å². The molecule has 4 rings (SSSR count). The summed E-state index contributed by atoms with van der Waals surface area (Å²) in [5, 5.41) is 9.00. The molecule has 6 heteroatoms. The third-order valence-corrected chi connectivity index (χ3v) is 4.70. The van der Waals surface area contributed by atoms with E-state index in [0.29, 0.717) is 0 Å². The van der Waals surface area contributed by atoms with Gasteiger partial charge in [-0.3, -0.25) is 4.21 Å². The number of rotatable bonds is 3. The average molecular weight is 336 g/mol. The van der Waals surface area contributed by atoms with Crippen molar-refractivity contribution in [1.29, 1.82) is 0 Å². The zero-order valence-electron chi connectivity index (χ0n) is 12.8. The first kappa shape index (κ1) is 15.0. The lowest BCUT2D eigenvalue weighted by Crippen LogP contribution is -2.05. The van der Waals surface area contributed by atoms with E-state index in [4.69, 9.17) is 0 Å². The first-order valence-electron chi connectivity index (χ1n) is 7.64. The van der Waals surface area contributed by atoms with Crippen LogP contribution in [0.2, 0.25) is 0 Å². The molecule has 1 aliphatic heterocycles. The highest BCUT2D eigenvalue weighted by molar-refractivity contribution is 7.79. The van der Waals surface area contributed by atoms with Crippen molar-refractivity contribution < 1.29 is 8.76 Å². The van der Waals surface area contributed by atoms with Gasteiger partial charge in [0.2, 0.25) is 0 Å². The molecule has 5 nitrogen and oxygen atoms in total. The van der Waals surface area contributed by atoms with Gasteiger partial charge in [-0.15, -0.1) is 5.10 Å². The maximum atomic E-state index is 11.1. The van der Waals surface area contributed by atoms with Crippen LogP contribution in [0.25, 0.3) is 22.4 Å². The molecule has 0 radical (unpaired) electrons. The Morgan fingerprint density at radius 2 is 1.75 bits per heavy atom. The fourth-order valence-corrected chi connectivity index (χ4v) is 3.29. The number of hydrogen-bond donors (Lipinski definition) is 0. The van der Waals surface area contributed by atoms with Crippen LogP contribution >= 0.6 is 0 Å². The fraction of sp³-hybridized carbons (Fsp3) is 0.111. The first-order valence-corrected chi connectivity index (χ1v) is 8.71. The van der Waals surface area contributed by atoms with E-state index in [-0.39, 0.29) is 4.90 Å².